The minimum absolute atomic E-state index is 0.0121. The van der Waals surface area contributed by atoms with Gasteiger partial charge in [-0.25, -0.2) is 13.8 Å². The van der Waals surface area contributed by atoms with Gasteiger partial charge in [0.25, 0.3) is 0 Å². The third-order valence-electron chi connectivity index (χ3n) is 11.0. The van der Waals surface area contributed by atoms with Crippen molar-refractivity contribution in [1.82, 2.24) is 24.8 Å². The fraction of sp³-hybridized carbons (Fsp3) is 0.594. The number of nitrogen functional groups attached to an aromatic ring is 1. The minimum Gasteiger partial charge on any atom is -0.491 e. The zero-order valence-electron chi connectivity index (χ0n) is 26.2. The third kappa shape index (κ3) is 4.79. The predicted molar refractivity (Wildman–Crippen MR) is 166 cm³/mol. The van der Waals surface area contributed by atoms with Crippen molar-refractivity contribution in [3.8, 4) is 23.0 Å². The summed E-state index contributed by atoms with van der Waals surface area (Å²) < 4.78 is 87.5. The number of anilines is 2. The molecule has 15 heteroatoms. The van der Waals surface area contributed by atoms with Crippen LogP contribution in [-0.4, -0.2) is 95.0 Å². The standard InChI is InChI=1S/C32H35ClF5N7O2/c1-14-7-19(39)40-25(22(14)32(36,37)38)20-23(33)28-21-26(24(20)35)41-30(47-13-31-5-4-6-44(31)10-16(34)8-31)42-29(21)45-9-15(2)43(3)11-17-18(12-46-28)27(17)45/h7,15-18,27H,4-6,8-13H2,1-3H3,(H2,39,40)/t15-,16-,17+,18?,27+,31+/m1/s1. The van der Waals surface area contributed by atoms with Crippen LogP contribution in [0.3, 0.4) is 0 Å². The largest absolute Gasteiger partial charge is 0.491 e. The average molecular weight is 680 g/mol. The number of hydrogen-bond donors (Lipinski definition) is 1. The Balaban J connectivity index is 1.35. The van der Waals surface area contributed by atoms with Crippen LogP contribution in [0, 0.1) is 24.6 Å². The second kappa shape index (κ2) is 10.6. The van der Waals surface area contributed by atoms with Crippen molar-refractivity contribution in [2.45, 2.75) is 63.1 Å². The molecule has 0 bridgehead atoms. The molecule has 3 aromatic rings. The molecule has 1 unspecified atom stereocenters. The van der Waals surface area contributed by atoms with Crippen LogP contribution in [0.15, 0.2) is 6.07 Å². The number of ether oxygens (including phenoxy) is 2. The summed E-state index contributed by atoms with van der Waals surface area (Å²) in [6.45, 7) is 6.08. The van der Waals surface area contributed by atoms with Crippen molar-refractivity contribution in [3.05, 3.63) is 28.0 Å². The Morgan fingerprint density at radius 3 is 2.72 bits per heavy atom. The number of aryl methyl sites for hydroxylation is 1. The van der Waals surface area contributed by atoms with Crippen LogP contribution in [-0.2, 0) is 6.18 Å². The summed E-state index contributed by atoms with van der Waals surface area (Å²) in [7, 11) is 2.05. The number of hydrogen-bond acceptors (Lipinski definition) is 9. The molecular weight excluding hydrogens is 645 g/mol. The first-order valence-electron chi connectivity index (χ1n) is 16.0. The number of benzene rings is 1. The van der Waals surface area contributed by atoms with E-state index in [-0.39, 0.29) is 76.2 Å². The molecule has 8 rings (SSSR count). The fourth-order valence-corrected chi connectivity index (χ4v) is 8.87. The van der Waals surface area contributed by atoms with Crippen LogP contribution in [0.2, 0.25) is 5.02 Å². The monoisotopic (exact) mass is 679 g/mol. The predicted octanol–water partition coefficient (Wildman–Crippen LogP) is 5.50. The molecule has 252 valence electrons. The van der Waals surface area contributed by atoms with Crippen LogP contribution in [0.25, 0.3) is 22.2 Å². The van der Waals surface area contributed by atoms with Gasteiger partial charge in [0.05, 0.1) is 39.4 Å². The highest BCUT2D eigenvalue weighted by atomic mass is 35.5. The molecule has 4 aliphatic heterocycles. The number of rotatable bonds is 4. The molecule has 0 radical (unpaired) electrons. The molecule has 9 nitrogen and oxygen atoms in total. The van der Waals surface area contributed by atoms with Gasteiger partial charge in [-0.15, -0.1) is 0 Å². The molecule has 4 fully saturated rings. The summed E-state index contributed by atoms with van der Waals surface area (Å²) in [6.07, 6.45) is -3.93. The minimum atomic E-state index is -4.89. The quantitative estimate of drug-likeness (QED) is 0.359. The van der Waals surface area contributed by atoms with E-state index in [2.05, 4.69) is 38.6 Å². The topological polar surface area (TPSA) is 92.9 Å². The first kappa shape index (κ1) is 31.1. The van der Waals surface area contributed by atoms with Crippen molar-refractivity contribution < 1.29 is 31.4 Å². The van der Waals surface area contributed by atoms with E-state index < -0.39 is 40.5 Å². The van der Waals surface area contributed by atoms with E-state index in [0.717, 1.165) is 32.0 Å². The maximum atomic E-state index is 17.0. The first-order valence-corrected chi connectivity index (χ1v) is 16.3. The molecule has 3 saturated heterocycles. The third-order valence-corrected chi connectivity index (χ3v) is 11.3. The number of halogens is 6. The zero-order chi connectivity index (χ0) is 33.2. The average Bonchev–Trinajstić information content (AvgIpc) is 3.37. The van der Waals surface area contributed by atoms with Gasteiger partial charge < -0.3 is 25.0 Å². The lowest BCUT2D eigenvalue weighted by Gasteiger charge is -2.33. The van der Waals surface area contributed by atoms with E-state index in [4.69, 9.17) is 31.8 Å². The molecule has 47 heavy (non-hydrogen) atoms. The molecule has 0 spiro atoms. The van der Waals surface area contributed by atoms with Crippen LogP contribution >= 0.6 is 11.6 Å². The number of likely N-dealkylation sites (N-methyl/N-ethyl adjacent to an activating group) is 1. The van der Waals surface area contributed by atoms with Crippen LogP contribution < -0.4 is 20.1 Å². The highest BCUT2D eigenvalue weighted by Gasteiger charge is 2.58. The van der Waals surface area contributed by atoms with Crippen molar-refractivity contribution in [2.24, 2.45) is 11.8 Å². The maximum Gasteiger partial charge on any atom is 0.418 e. The van der Waals surface area contributed by atoms with Crippen LogP contribution in [0.1, 0.15) is 37.3 Å². The van der Waals surface area contributed by atoms with Crippen LogP contribution in [0.5, 0.6) is 11.8 Å². The van der Waals surface area contributed by atoms with Crippen molar-refractivity contribution in [2.75, 3.05) is 57.1 Å². The van der Waals surface area contributed by atoms with Gasteiger partial charge in [0, 0.05) is 50.0 Å². The number of nitrogens with zero attached hydrogens (tertiary/aromatic N) is 6. The molecule has 1 saturated carbocycles. The molecule has 2 aromatic heterocycles. The number of aromatic nitrogens is 3. The van der Waals surface area contributed by atoms with E-state index in [1.165, 1.54) is 6.92 Å². The molecule has 0 amide bonds. The Hall–Kier alpha value is -3.23. The van der Waals surface area contributed by atoms with E-state index in [1.807, 2.05) is 0 Å². The van der Waals surface area contributed by atoms with Gasteiger partial charge in [-0.2, -0.15) is 23.1 Å². The molecule has 6 atom stereocenters. The van der Waals surface area contributed by atoms with Crippen molar-refractivity contribution in [3.63, 3.8) is 0 Å². The molecule has 6 heterocycles. The Morgan fingerprint density at radius 1 is 1.17 bits per heavy atom. The van der Waals surface area contributed by atoms with E-state index in [9.17, 15) is 17.6 Å². The van der Waals surface area contributed by atoms with E-state index in [0.29, 0.717) is 25.3 Å². The Labute approximate surface area is 273 Å². The van der Waals surface area contributed by atoms with Gasteiger partial charge in [0.2, 0.25) is 0 Å². The molecule has 1 aromatic carbocycles. The lowest BCUT2D eigenvalue weighted by Crippen LogP contribution is -2.43. The molecule has 2 N–H and O–H groups in total. The number of nitrogens with two attached hydrogens (primary N) is 1. The maximum absolute atomic E-state index is 17.0. The van der Waals surface area contributed by atoms with Gasteiger partial charge in [0.15, 0.2) is 11.6 Å². The summed E-state index contributed by atoms with van der Waals surface area (Å²) in [6, 6.07) is 1.09. The first-order chi connectivity index (χ1) is 22.3. The smallest absolute Gasteiger partial charge is 0.418 e. The lowest BCUT2D eigenvalue weighted by atomic mass is 9.95. The Bertz CT molecular complexity index is 1800. The van der Waals surface area contributed by atoms with Crippen LogP contribution in [0.4, 0.5) is 33.6 Å². The van der Waals surface area contributed by atoms with Gasteiger partial charge in [-0.1, -0.05) is 11.6 Å². The Morgan fingerprint density at radius 2 is 1.96 bits per heavy atom. The highest BCUT2D eigenvalue weighted by Crippen LogP contribution is 2.55. The molecular formula is C32H35ClF5N7O2. The van der Waals surface area contributed by atoms with E-state index >= 15 is 4.39 Å². The summed E-state index contributed by atoms with van der Waals surface area (Å²) in [5.74, 6) is -0.713. The highest BCUT2D eigenvalue weighted by molar-refractivity contribution is 6.36. The summed E-state index contributed by atoms with van der Waals surface area (Å²) in [4.78, 5) is 19.7. The zero-order valence-corrected chi connectivity index (χ0v) is 26.9. The molecule has 1 aliphatic carbocycles. The fourth-order valence-electron chi connectivity index (χ4n) is 8.55. The number of pyridine rings is 1. The second-order valence-corrected chi connectivity index (χ2v) is 14.3. The second-order valence-electron chi connectivity index (χ2n) is 13.9. The summed E-state index contributed by atoms with van der Waals surface area (Å²) in [5, 5.41) is -0.209. The van der Waals surface area contributed by atoms with Crippen molar-refractivity contribution in [1.29, 1.82) is 0 Å². The normalized spacial score (nSPS) is 30.4. The number of alkyl halides is 4. The van der Waals surface area contributed by atoms with Crippen molar-refractivity contribution >= 4 is 34.1 Å². The summed E-state index contributed by atoms with van der Waals surface area (Å²) >= 11 is 6.87. The Kier molecular flexibility index (Phi) is 7.03. The SMILES string of the molecule is Cc1cc(N)nc(-c2c(Cl)c3c4c(nc(OC[C@@]56CCCN5C[C@H](F)C6)nc4c2F)N2C[C@@H](C)N(C)C[C@H]4C(CO3)[C@H]42)c1C(F)(F)F. The van der Waals surface area contributed by atoms with E-state index in [1.54, 1.807) is 0 Å². The van der Waals surface area contributed by atoms with Gasteiger partial charge in [0.1, 0.15) is 29.9 Å². The molecule has 5 aliphatic rings. The summed E-state index contributed by atoms with van der Waals surface area (Å²) in [5.41, 5.74) is 2.33. The van der Waals surface area contributed by atoms with Gasteiger partial charge in [-0.05, 0) is 51.9 Å². The number of fused-ring (bicyclic) bond motifs is 3. The van der Waals surface area contributed by atoms with Gasteiger partial charge in [-0.3, -0.25) is 4.90 Å². The lowest BCUT2D eigenvalue weighted by molar-refractivity contribution is -0.137. The van der Waals surface area contributed by atoms with Gasteiger partial charge >= 0.3 is 12.2 Å².